The molecule has 0 unspecified atom stereocenters. The molecule has 0 bridgehead atoms. The summed E-state index contributed by atoms with van der Waals surface area (Å²) in [6.07, 6.45) is 0. The molecule has 0 atom stereocenters. The Labute approximate surface area is 222 Å². The van der Waals surface area contributed by atoms with Crippen molar-refractivity contribution >= 4 is 84.3 Å². The fourth-order valence-electron chi connectivity index (χ4n) is 3.31. The first-order valence-corrected chi connectivity index (χ1v) is 12.0. The van der Waals surface area contributed by atoms with Gasteiger partial charge < -0.3 is 16.0 Å². The van der Waals surface area contributed by atoms with Crippen LogP contribution < -0.4 is 26.6 Å². The molecular formula is C20H17ClFMgN5O5S2. The van der Waals surface area contributed by atoms with Crippen LogP contribution in [0.4, 0.5) is 20.6 Å². The van der Waals surface area contributed by atoms with E-state index in [1.54, 1.807) is 0 Å². The van der Waals surface area contributed by atoms with Gasteiger partial charge in [0.2, 0.25) is 0 Å². The molecule has 4 N–H and O–H groups in total. The number of aromatic amines is 1. The highest BCUT2D eigenvalue weighted by Crippen LogP contribution is 2.31. The lowest BCUT2D eigenvalue weighted by atomic mass is 10.2. The molecule has 0 spiro atoms. The minimum atomic E-state index is -4.36. The Hall–Kier alpha value is -2.91. The highest BCUT2D eigenvalue weighted by Gasteiger charge is 2.31. The SMILES string of the molecule is CNc1cc2[nH]c(=O)n(-c3ccc(N(C(N)=O)S(=O)(=O)c4ccc(Cl)s4)cc3)c(=O)c2cc1F.[MgH2]. The number of carbonyl (C=O) groups excluding carboxylic acids is 1. The van der Waals surface area contributed by atoms with Crippen molar-refractivity contribution in [3.63, 3.8) is 0 Å². The summed E-state index contributed by atoms with van der Waals surface area (Å²) in [6, 6.07) is 8.54. The molecule has 4 aromatic rings. The first kappa shape index (κ1) is 26.7. The van der Waals surface area contributed by atoms with Crippen LogP contribution >= 0.6 is 22.9 Å². The molecule has 0 fully saturated rings. The number of H-pyrrole nitrogens is 1. The van der Waals surface area contributed by atoms with Gasteiger partial charge in [-0.3, -0.25) is 4.79 Å². The van der Waals surface area contributed by atoms with Crippen LogP contribution in [-0.4, -0.2) is 54.1 Å². The third kappa shape index (κ3) is 4.79. The quantitative estimate of drug-likeness (QED) is 0.324. The third-order valence-electron chi connectivity index (χ3n) is 4.84. The van der Waals surface area contributed by atoms with Gasteiger partial charge in [0.1, 0.15) is 10.0 Å². The second-order valence-electron chi connectivity index (χ2n) is 6.88. The van der Waals surface area contributed by atoms with Crippen LogP contribution in [-0.2, 0) is 10.0 Å². The van der Waals surface area contributed by atoms with Crippen LogP contribution in [0.2, 0.25) is 4.34 Å². The number of nitrogens with zero attached hydrogens (tertiary/aromatic N) is 2. The first-order chi connectivity index (χ1) is 16.0. The van der Waals surface area contributed by atoms with Crippen LogP contribution in [0.25, 0.3) is 16.6 Å². The molecule has 2 aromatic heterocycles. The summed E-state index contributed by atoms with van der Waals surface area (Å²) >= 11 is 6.56. The number of primary amides is 1. The predicted molar refractivity (Wildman–Crippen MR) is 137 cm³/mol. The Morgan fingerprint density at radius 1 is 1.17 bits per heavy atom. The van der Waals surface area contributed by atoms with Gasteiger partial charge in [-0.1, -0.05) is 11.6 Å². The standard InChI is InChI=1S/C20H15ClFN5O5S2.Mg.2H/c1-24-15-9-14-12(8-13(15)22)18(28)26(20(30)25-14)10-2-4-11(5-3-10)27(19(23)29)34(31,32)17-7-6-16(21)33-17;;;/h2-9,24H,1H3,(H2,23,29)(H,25,30);;;. The molecule has 0 aliphatic rings. The number of fused-ring (bicyclic) bond motifs is 1. The molecule has 4 rings (SSSR count). The van der Waals surface area contributed by atoms with E-state index in [2.05, 4.69) is 10.3 Å². The highest BCUT2D eigenvalue weighted by molar-refractivity contribution is 7.95. The fraction of sp³-hybridized carbons (Fsp3) is 0.0500. The van der Waals surface area contributed by atoms with Crippen molar-refractivity contribution in [2.75, 3.05) is 16.7 Å². The van der Waals surface area contributed by atoms with Gasteiger partial charge in [0.25, 0.3) is 15.6 Å². The topological polar surface area (TPSA) is 147 Å². The molecule has 2 heterocycles. The zero-order valence-electron chi connectivity index (χ0n) is 17.2. The van der Waals surface area contributed by atoms with E-state index in [0.717, 1.165) is 22.0 Å². The van der Waals surface area contributed by atoms with E-state index in [-0.39, 0.29) is 59.6 Å². The number of urea groups is 1. The minimum absolute atomic E-state index is 0. The smallest absolute Gasteiger partial charge is 0.333 e. The lowest BCUT2D eigenvalue weighted by Crippen LogP contribution is -2.40. The number of halogens is 2. The summed E-state index contributed by atoms with van der Waals surface area (Å²) in [6.45, 7) is 0. The van der Waals surface area contributed by atoms with Crippen molar-refractivity contribution in [1.82, 2.24) is 9.55 Å². The number of rotatable bonds is 5. The van der Waals surface area contributed by atoms with Crippen LogP contribution in [0, 0.1) is 5.82 Å². The Morgan fingerprint density at radius 2 is 1.83 bits per heavy atom. The molecule has 35 heavy (non-hydrogen) atoms. The van der Waals surface area contributed by atoms with E-state index in [1.165, 1.54) is 49.5 Å². The van der Waals surface area contributed by atoms with Gasteiger partial charge in [0.15, 0.2) is 0 Å². The van der Waals surface area contributed by atoms with Crippen molar-refractivity contribution in [3.05, 3.63) is 79.5 Å². The Kier molecular flexibility index (Phi) is 7.61. The molecule has 180 valence electrons. The van der Waals surface area contributed by atoms with Crippen LogP contribution in [0.5, 0.6) is 0 Å². The van der Waals surface area contributed by atoms with E-state index < -0.39 is 33.1 Å². The molecule has 15 heteroatoms. The number of hydrogen-bond donors (Lipinski definition) is 3. The van der Waals surface area contributed by atoms with Crippen molar-refractivity contribution in [3.8, 4) is 5.69 Å². The summed E-state index contributed by atoms with van der Waals surface area (Å²) < 4.78 is 41.1. The van der Waals surface area contributed by atoms with E-state index in [9.17, 15) is 27.2 Å². The average molecular weight is 550 g/mol. The van der Waals surface area contributed by atoms with Crippen LogP contribution in [0.3, 0.4) is 0 Å². The molecular weight excluding hydrogens is 533 g/mol. The number of sulfonamides is 1. The highest BCUT2D eigenvalue weighted by atomic mass is 35.5. The molecule has 0 aliphatic carbocycles. The monoisotopic (exact) mass is 549 g/mol. The van der Waals surface area contributed by atoms with Gasteiger partial charge in [-0.2, -0.15) is 12.7 Å². The normalized spacial score (nSPS) is 11.2. The van der Waals surface area contributed by atoms with Gasteiger partial charge in [0.05, 0.1) is 32.3 Å². The lowest BCUT2D eigenvalue weighted by molar-refractivity contribution is 0.257. The zero-order chi connectivity index (χ0) is 24.8. The van der Waals surface area contributed by atoms with Gasteiger partial charge in [-0.05, 0) is 48.5 Å². The van der Waals surface area contributed by atoms with E-state index >= 15 is 0 Å². The van der Waals surface area contributed by atoms with E-state index in [4.69, 9.17) is 17.3 Å². The third-order valence-corrected chi connectivity index (χ3v) is 8.26. The number of nitrogens with two attached hydrogens (primary N) is 1. The number of amides is 2. The zero-order valence-corrected chi connectivity index (χ0v) is 19.6. The van der Waals surface area contributed by atoms with Crippen molar-refractivity contribution in [1.29, 1.82) is 0 Å². The van der Waals surface area contributed by atoms with Gasteiger partial charge in [-0.25, -0.2) is 18.5 Å². The summed E-state index contributed by atoms with van der Waals surface area (Å²) in [7, 11) is -2.86. The maximum absolute atomic E-state index is 14.2. The van der Waals surface area contributed by atoms with Gasteiger partial charge in [0, 0.05) is 7.05 Å². The summed E-state index contributed by atoms with van der Waals surface area (Å²) in [5.41, 5.74) is 3.89. The number of thiophene rings is 1. The average Bonchev–Trinajstić information content (AvgIpc) is 3.22. The first-order valence-electron chi connectivity index (χ1n) is 9.41. The van der Waals surface area contributed by atoms with E-state index in [1.807, 2.05) is 0 Å². The number of carbonyl (C=O) groups is 1. The molecule has 2 amide bonds. The summed E-state index contributed by atoms with van der Waals surface area (Å²) in [5.74, 6) is -0.683. The Bertz CT molecular complexity index is 1670. The number of aromatic nitrogens is 2. The van der Waals surface area contributed by atoms with Crippen molar-refractivity contribution in [2.45, 2.75) is 4.21 Å². The van der Waals surface area contributed by atoms with Crippen LogP contribution in [0.1, 0.15) is 0 Å². The van der Waals surface area contributed by atoms with Crippen molar-refractivity contribution < 1.29 is 17.6 Å². The molecule has 0 aliphatic heterocycles. The summed E-state index contributed by atoms with van der Waals surface area (Å²) in [5, 5.41) is 2.55. The Balaban J connectivity index is 0.00000342. The number of hydrogen-bond acceptors (Lipinski definition) is 7. The molecule has 10 nitrogen and oxygen atoms in total. The second kappa shape index (κ2) is 9.98. The number of nitrogens with one attached hydrogen (secondary N) is 2. The number of benzene rings is 2. The maximum Gasteiger partial charge on any atom is 0.333 e. The molecule has 0 saturated carbocycles. The number of anilines is 2. The predicted octanol–water partition coefficient (Wildman–Crippen LogP) is 1.93. The van der Waals surface area contributed by atoms with Gasteiger partial charge in [-0.15, -0.1) is 11.3 Å². The van der Waals surface area contributed by atoms with E-state index in [0.29, 0.717) is 4.31 Å². The lowest BCUT2D eigenvalue weighted by Gasteiger charge is -2.19. The van der Waals surface area contributed by atoms with Crippen molar-refractivity contribution in [2.24, 2.45) is 5.73 Å². The maximum atomic E-state index is 14.2. The molecule has 0 radical (unpaired) electrons. The second-order valence-corrected chi connectivity index (χ2v) is 10.6. The summed E-state index contributed by atoms with van der Waals surface area (Å²) in [4.78, 5) is 40.1. The Morgan fingerprint density at radius 3 is 2.37 bits per heavy atom. The minimum Gasteiger partial charge on any atom is -0.386 e. The van der Waals surface area contributed by atoms with Gasteiger partial charge >= 0.3 is 34.8 Å². The molecule has 2 aromatic carbocycles. The fourth-order valence-corrected chi connectivity index (χ4v) is 6.20. The van der Waals surface area contributed by atoms with Crippen LogP contribution in [0.15, 0.2) is 62.3 Å². The largest absolute Gasteiger partial charge is 0.386 e. The molecule has 0 saturated heterocycles.